The number of fused-ring (bicyclic) bond motifs is 6. The summed E-state index contributed by atoms with van der Waals surface area (Å²) in [4.78, 5) is 83.0. The number of rotatable bonds is 7. The number of ketones is 4. The first kappa shape index (κ1) is 42.4. The SMILES string of the molecule is CN(C)[C@@H]1C(=O)C(C(N)=O)=C(O)[C@@]2(O)C(=O)C3=C(O)c4c(O)ccc(CCc5ccc(O)c6c5C[C@H]5C[C@H]7[C@H](N(C)C)C(=O)C(C(N)=O)=C(O)[C@@]7(O)C(=O)C5=C6O)c4C[C@H]3C[C@@H]12. The monoisotopic (exact) mass is 854 g/mol. The number of phenolic OH excluding ortho intramolecular Hbond substituents is 2. The molecule has 0 unspecified atom stereocenters. The number of likely N-dealkylation sites (N-methyl/N-ethyl adjacent to an activating group) is 2. The summed E-state index contributed by atoms with van der Waals surface area (Å²) in [6, 6.07) is 3.41. The first-order valence-electron chi connectivity index (χ1n) is 20.0. The topological polar surface area (TPSA) is 323 Å². The minimum Gasteiger partial charge on any atom is -0.508 e. The Labute approximate surface area is 353 Å². The minimum absolute atomic E-state index is 0.0534. The number of aliphatic hydroxyl groups is 6. The summed E-state index contributed by atoms with van der Waals surface area (Å²) in [5, 5.41) is 91.8. The van der Waals surface area contributed by atoms with Crippen LogP contribution < -0.4 is 11.5 Å². The maximum atomic E-state index is 14.3. The molecule has 18 nitrogen and oxygen atoms in total. The number of nitrogens with zero attached hydrogens (tertiary/aromatic N) is 2. The van der Waals surface area contributed by atoms with Gasteiger partial charge in [0.2, 0.25) is 11.6 Å². The Morgan fingerprint density at radius 3 is 1.26 bits per heavy atom. The summed E-state index contributed by atoms with van der Waals surface area (Å²) in [6.45, 7) is 0. The highest BCUT2D eigenvalue weighted by Gasteiger charge is 2.66. The predicted molar refractivity (Wildman–Crippen MR) is 216 cm³/mol. The third-order valence-electron chi connectivity index (χ3n) is 14.1. The van der Waals surface area contributed by atoms with Crippen LogP contribution in [0.2, 0.25) is 0 Å². The van der Waals surface area contributed by atoms with Gasteiger partial charge in [-0.2, -0.15) is 0 Å². The molecule has 0 bridgehead atoms. The van der Waals surface area contributed by atoms with Crippen molar-refractivity contribution < 1.29 is 69.6 Å². The summed E-state index contributed by atoms with van der Waals surface area (Å²) in [5.41, 5.74) is 4.84. The maximum absolute atomic E-state index is 14.3. The molecule has 2 amide bonds. The van der Waals surface area contributed by atoms with Crippen LogP contribution in [-0.2, 0) is 54.5 Å². The van der Waals surface area contributed by atoms with E-state index < -0.39 is 116 Å². The van der Waals surface area contributed by atoms with Gasteiger partial charge in [0.15, 0.2) is 22.8 Å². The van der Waals surface area contributed by atoms with Gasteiger partial charge in [-0.25, -0.2) is 0 Å². The number of amides is 2. The zero-order valence-corrected chi connectivity index (χ0v) is 34.1. The van der Waals surface area contributed by atoms with Gasteiger partial charge in [-0.3, -0.25) is 38.6 Å². The average molecular weight is 855 g/mol. The van der Waals surface area contributed by atoms with Gasteiger partial charge < -0.3 is 52.3 Å². The van der Waals surface area contributed by atoms with E-state index in [0.717, 1.165) is 0 Å². The van der Waals surface area contributed by atoms with Crippen molar-refractivity contribution in [2.75, 3.05) is 28.2 Å². The standard InChI is InChI=1S/C44H46N4O14/c1-47(2)31-21-13-17-11-19-15(7-9-23(49)27(19)33(51)25(17)37(55)43(21,61)39(57)29(35(31)53)41(45)59)5-6-16-8-10-24(50)28-20(16)12-18-14-22-32(48(3)4)36(54)30(42(46)60)40(58)44(22,62)38(56)26(18)34(28)52/h7-10,17-18,21-22,31-32,49-52,57-58,61-62H,5-6,11-14H2,1-4H3,(H2,45,59)(H2,46,60)/t17-,18-,21-,22-,31-,32-,43-,44-/m0/s1. The second kappa shape index (κ2) is 14.1. The molecule has 0 aliphatic heterocycles. The largest absolute Gasteiger partial charge is 0.508 e. The smallest absolute Gasteiger partial charge is 0.255 e. The lowest BCUT2D eigenvalue weighted by Crippen LogP contribution is -2.65. The molecule has 326 valence electrons. The van der Waals surface area contributed by atoms with Crippen LogP contribution in [0.3, 0.4) is 0 Å². The van der Waals surface area contributed by atoms with Crippen molar-refractivity contribution in [2.45, 2.75) is 61.8 Å². The van der Waals surface area contributed by atoms with Crippen molar-refractivity contribution in [1.29, 1.82) is 0 Å². The number of aliphatic hydroxyl groups excluding tert-OH is 4. The highest BCUT2D eigenvalue weighted by molar-refractivity contribution is 6.25. The zero-order valence-electron chi connectivity index (χ0n) is 34.1. The van der Waals surface area contributed by atoms with Crippen molar-refractivity contribution in [2.24, 2.45) is 35.1 Å². The van der Waals surface area contributed by atoms with Crippen LogP contribution in [-0.4, -0.2) is 137 Å². The summed E-state index contributed by atoms with van der Waals surface area (Å²) in [7, 11) is 6.03. The fourth-order valence-corrected chi connectivity index (χ4v) is 11.4. The van der Waals surface area contributed by atoms with Gasteiger partial charge in [0.25, 0.3) is 11.8 Å². The molecule has 8 rings (SSSR count). The van der Waals surface area contributed by atoms with E-state index in [1.54, 1.807) is 12.1 Å². The third-order valence-corrected chi connectivity index (χ3v) is 14.1. The Morgan fingerprint density at radius 2 is 0.952 bits per heavy atom. The second-order valence-corrected chi connectivity index (χ2v) is 17.6. The van der Waals surface area contributed by atoms with Gasteiger partial charge in [-0.1, -0.05) is 12.1 Å². The molecule has 0 aromatic heterocycles. The average Bonchev–Trinajstić information content (AvgIpc) is 3.17. The molecule has 12 N–H and O–H groups in total. The number of aryl methyl sites for hydroxylation is 2. The highest BCUT2D eigenvalue weighted by Crippen LogP contribution is 2.55. The molecule has 0 radical (unpaired) electrons. The van der Waals surface area contributed by atoms with Crippen molar-refractivity contribution in [1.82, 2.24) is 9.80 Å². The second-order valence-electron chi connectivity index (χ2n) is 17.6. The van der Waals surface area contributed by atoms with E-state index >= 15 is 0 Å². The number of Topliss-reactive ketones (excluding diaryl/α,β-unsaturated/α-hetero) is 4. The Hall–Kier alpha value is -6.34. The Kier molecular flexibility index (Phi) is 9.63. The summed E-state index contributed by atoms with van der Waals surface area (Å²) >= 11 is 0. The number of primary amides is 2. The van der Waals surface area contributed by atoms with Gasteiger partial charge in [0.1, 0.15) is 45.7 Å². The Balaban J connectivity index is 1.17. The first-order chi connectivity index (χ1) is 29.0. The van der Waals surface area contributed by atoms with E-state index in [1.807, 2.05) is 0 Å². The van der Waals surface area contributed by atoms with Crippen LogP contribution in [0.5, 0.6) is 11.5 Å². The normalized spacial score (nSPS) is 30.6. The van der Waals surface area contributed by atoms with Gasteiger partial charge in [-0.15, -0.1) is 0 Å². The fourth-order valence-electron chi connectivity index (χ4n) is 11.4. The molecule has 6 aliphatic carbocycles. The molecule has 0 saturated heterocycles. The lowest BCUT2D eigenvalue weighted by molar-refractivity contribution is -0.155. The molecule has 2 aromatic carbocycles. The lowest BCUT2D eigenvalue weighted by Gasteiger charge is -2.50. The highest BCUT2D eigenvalue weighted by atomic mass is 16.4. The Bertz CT molecular complexity index is 2440. The van der Waals surface area contributed by atoms with Crippen LogP contribution in [0.4, 0.5) is 0 Å². The summed E-state index contributed by atoms with van der Waals surface area (Å²) in [6.07, 6.45) is 0.365. The van der Waals surface area contributed by atoms with E-state index in [0.29, 0.717) is 22.3 Å². The van der Waals surface area contributed by atoms with Gasteiger partial charge in [-0.05, 0) is 113 Å². The maximum Gasteiger partial charge on any atom is 0.255 e. The van der Waals surface area contributed by atoms with E-state index in [9.17, 15) is 69.6 Å². The number of carbonyl (C=O) groups excluding carboxylic acids is 6. The van der Waals surface area contributed by atoms with E-state index in [4.69, 9.17) is 11.5 Å². The van der Waals surface area contributed by atoms with Crippen LogP contribution >= 0.6 is 0 Å². The van der Waals surface area contributed by atoms with Crippen molar-refractivity contribution in [3.63, 3.8) is 0 Å². The Morgan fingerprint density at radius 1 is 0.613 bits per heavy atom. The molecule has 0 spiro atoms. The van der Waals surface area contributed by atoms with Gasteiger partial charge in [0.05, 0.1) is 23.2 Å². The van der Waals surface area contributed by atoms with Crippen molar-refractivity contribution in [3.8, 4) is 11.5 Å². The molecule has 0 heterocycles. The molecular formula is C44H46N4O14. The molecule has 18 heteroatoms. The van der Waals surface area contributed by atoms with E-state index in [1.165, 1.54) is 50.1 Å². The molecule has 62 heavy (non-hydrogen) atoms. The number of aromatic hydroxyl groups is 2. The first-order valence-corrected chi connectivity index (χ1v) is 20.0. The number of hydrogen-bond donors (Lipinski definition) is 10. The molecule has 2 aromatic rings. The zero-order chi connectivity index (χ0) is 45.4. The molecular weight excluding hydrogens is 808 g/mol. The predicted octanol–water partition coefficient (Wildman–Crippen LogP) is 0.0266. The quantitative estimate of drug-likeness (QED) is 0.164. The molecule has 6 aliphatic rings. The fraction of sp³-hybridized carbons (Fsp3) is 0.409. The van der Waals surface area contributed by atoms with E-state index in [-0.39, 0.29) is 72.3 Å². The lowest BCUT2D eigenvalue weighted by atomic mass is 9.57. The van der Waals surface area contributed by atoms with Crippen LogP contribution in [0.1, 0.15) is 46.2 Å². The molecule has 2 saturated carbocycles. The van der Waals surface area contributed by atoms with Crippen LogP contribution in [0.15, 0.2) is 58.1 Å². The summed E-state index contributed by atoms with van der Waals surface area (Å²) in [5.74, 6) is -15.3. The number of nitrogens with two attached hydrogens (primary N) is 2. The molecule has 8 atom stereocenters. The third kappa shape index (κ3) is 5.49. The number of benzene rings is 2. The van der Waals surface area contributed by atoms with Crippen LogP contribution in [0, 0.1) is 23.7 Å². The summed E-state index contributed by atoms with van der Waals surface area (Å²) < 4.78 is 0. The minimum atomic E-state index is -2.79. The number of phenols is 2. The number of hydrogen-bond acceptors (Lipinski definition) is 16. The van der Waals surface area contributed by atoms with Gasteiger partial charge >= 0.3 is 0 Å². The van der Waals surface area contributed by atoms with Crippen molar-refractivity contribution >= 4 is 46.5 Å². The van der Waals surface area contributed by atoms with E-state index in [2.05, 4.69) is 0 Å². The van der Waals surface area contributed by atoms with Crippen LogP contribution in [0.25, 0.3) is 11.5 Å². The number of carbonyl (C=O) groups is 6. The molecule has 2 fully saturated rings. The van der Waals surface area contributed by atoms with Gasteiger partial charge in [0, 0.05) is 23.0 Å². The van der Waals surface area contributed by atoms with Crippen molar-refractivity contribution in [3.05, 3.63) is 91.5 Å².